The summed E-state index contributed by atoms with van der Waals surface area (Å²) in [7, 11) is 0. The Bertz CT molecular complexity index is 1250. The average Bonchev–Trinajstić information content (AvgIpc) is 3.19. The van der Waals surface area contributed by atoms with Crippen LogP contribution in [0.15, 0.2) is 36.7 Å². The van der Waals surface area contributed by atoms with Crippen molar-refractivity contribution >= 4 is 34.4 Å². The molecule has 0 atom stereocenters. The standard InChI is InChI=1S/C25H29N7O2/c1-16(2)32-15-21-22(24(32)34)28-25(31-10-8-30(9-11-31)17(3)33)29-23(21)27-14-19-13-26-12-18-6-4-5-7-20(18)19/h4-7,12-13,16H,8-11,14-15H2,1-3H3,(H,27,28,29). The highest BCUT2D eigenvalue weighted by Crippen LogP contribution is 2.31. The van der Waals surface area contributed by atoms with Crippen LogP contribution in [0.1, 0.15) is 42.4 Å². The molecule has 9 nitrogen and oxygen atoms in total. The van der Waals surface area contributed by atoms with Crippen LogP contribution >= 0.6 is 0 Å². The van der Waals surface area contributed by atoms with Crippen LogP contribution in [0.25, 0.3) is 10.8 Å². The third-order valence-electron chi connectivity index (χ3n) is 6.62. The van der Waals surface area contributed by atoms with E-state index in [-0.39, 0.29) is 17.9 Å². The zero-order valence-electron chi connectivity index (χ0n) is 19.8. The molecule has 1 aromatic carbocycles. The highest BCUT2D eigenvalue weighted by molar-refractivity contribution is 5.98. The van der Waals surface area contributed by atoms with Gasteiger partial charge in [0.1, 0.15) is 11.5 Å². The van der Waals surface area contributed by atoms with Crippen molar-refractivity contribution in [3.63, 3.8) is 0 Å². The first-order chi connectivity index (χ1) is 16.4. The number of nitrogens with one attached hydrogen (secondary N) is 1. The molecule has 1 fully saturated rings. The summed E-state index contributed by atoms with van der Waals surface area (Å²) >= 11 is 0. The highest BCUT2D eigenvalue weighted by Gasteiger charge is 2.35. The SMILES string of the molecule is CC(=O)N1CCN(c2nc(NCc3cncc4ccccc34)c3c(n2)C(=O)N(C(C)C)C3)CC1. The van der Waals surface area contributed by atoms with Crippen LogP contribution in [0.4, 0.5) is 11.8 Å². The monoisotopic (exact) mass is 459 g/mol. The third kappa shape index (κ3) is 4.02. The number of aromatic nitrogens is 3. The number of pyridine rings is 1. The fraction of sp³-hybridized carbons (Fsp3) is 0.400. The Labute approximate surface area is 198 Å². The fourth-order valence-corrected chi connectivity index (χ4v) is 4.60. The molecule has 2 aliphatic rings. The van der Waals surface area contributed by atoms with E-state index in [1.807, 2.05) is 54.2 Å². The molecule has 4 heterocycles. The summed E-state index contributed by atoms with van der Waals surface area (Å²) in [6.07, 6.45) is 3.73. The number of amides is 2. The molecule has 0 bridgehead atoms. The predicted octanol–water partition coefficient (Wildman–Crippen LogP) is 2.67. The van der Waals surface area contributed by atoms with Crippen molar-refractivity contribution in [1.82, 2.24) is 24.8 Å². The largest absolute Gasteiger partial charge is 0.365 e. The third-order valence-corrected chi connectivity index (χ3v) is 6.62. The molecule has 1 N–H and O–H groups in total. The van der Waals surface area contributed by atoms with E-state index in [0.717, 1.165) is 21.9 Å². The molecule has 0 spiro atoms. The summed E-state index contributed by atoms with van der Waals surface area (Å²) in [6, 6.07) is 8.23. The summed E-state index contributed by atoms with van der Waals surface area (Å²) in [5, 5.41) is 5.70. The van der Waals surface area contributed by atoms with Gasteiger partial charge in [-0.15, -0.1) is 0 Å². The van der Waals surface area contributed by atoms with Gasteiger partial charge in [0.25, 0.3) is 5.91 Å². The number of nitrogens with zero attached hydrogens (tertiary/aromatic N) is 6. The van der Waals surface area contributed by atoms with Gasteiger partial charge in [0.15, 0.2) is 0 Å². The lowest BCUT2D eigenvalue weighted by Crippen LogP contribution is -2.48. The molecule has 34 heavy (non-hydrogen) atoms. The molecule has 5 rings (SSSR count). The van der Waals surface area contributed by atoms with Crippen molar-refractivity contribution in [2.45, 2.75) is 39.9 Å². The van der Waals surface area contributed by atoms with Crippen molar-refractivity contribution < 1.29 is 9.59 Å². The van der Waals surface area contributed by atoms with Crippen molar-refractivity contribution in [1.29, 1.82) is 0 Å². The molecule has 2 aliphatic heterocycles. The van der Waals surface area contributed by atoms with Crippen molar-refractivity contribution in [3.8, 4) is 0 Å². The second-order valence-electron chi connectivity index (χ2n) is 9.09. The molecule has 176 valence electrons. The van der Waals surface area contributed by atoms with Crippen LogP contribution in [-0.4, -0.2) is 68.8 Å². The number of piperazine rings is 1. The minimum Gasteiger partial charge on any atom is -0.365 e. The summed E-state index contributed by atoms with van der Waals surface area (Å²) in [6.45, 7) is 9.12. The van der Waals surface area contributed by atoms with Gasteiger partial charge in [0, 0.05) is 69.0 Å². The average molecular weight is 460 g/mol. The minimum atomic E-state index is -0.0640. The second kappa shape index (κ2) is 8.89. The van der Waals surface area contributed by atoms with Crippen LogP contribution in [-0.2, 0) is 17.9 Å². The number of rotatable bonds is 5. The van der Waals surface area contributed by atoms with Crippen molar-refractivity contribution in [3.05, 3.63) is 53.5 Å². The molecule has 0 unspecified atom stereocenters. The van der Waals surface area contributed by atoms with Crippen LogP contribution in [0, 0.1) is 0 Å². The molecule has 0 saturated carbocycles. The van der Waals surface area contributed by atoms with E-state index >= 15 is 0 Å². The van der Waals surface area contributed by atoms with Gasteiger partial charge in [-0.1, -0.05) is 24.3 Å². The molecule has 1 saturated heterocycles. The zero-order valence-corrected chi connectivity index (χ0v) is 19.8. The van der Waals surface area contributed by atoms with E-state index in [1.54, 1.807) is 6.92 Å². The minimum absolute atomic E-state index is 0.0640. The van der Waals surface area contributed by atoms with Crippen LogP contribution in [0.5, 0.6) is 0 Å². The van der Waals surface area contributed by atoms with Crippen molar-refractivity contribution in [2.24, 2.45) is 0 Å². The van der Waals surface area contributed by atoms with Gasteiger partial charge in [0.2, 0.25) is 11.9 Å². The van der Waals surface area contributed by atoms with Gasteiger partial charge < -0.3 is 20.0 Å². The van der Waals surface area contributed by atoms with Gasteiger partial charge in [-0.05, 0) is 24.8 Å². The van der Waals surface area contributed by atoms with Crippen molar-refractivity contribution in [2.75, 3.05) is 36.4 Å². The molecule has 3 aromatic rings. The Kier molecular flexibility index (Phi) is 5.77. The quantitative estimate of drug-likeness (QED) is 0.627. The number of hydrogen-bond donors (Lipinski definition) is 1. The summed E-state index contributed by atoms with van der Waals surface area (Å²) in [5.41, 5.74) is 2.36. The van der Waals surface area contributed by atoms with Crippen LogP contribution < -0.4 is 10.2 Å². The Balaban J connectivity index is 1.47. The fourth-order valence-electron chi connectivity index (χ4n) is 4.60. The number of hydrogen-bond acceptors (Lipinski definition) is 7. The number of benzene rings is 1. The Hall–Kier alpha value is -3.75. The van der Waals surface area contributed by atoms with E-state index in [2.05, 4.69) is 21.3 Å². The van der Waals surface area contributed by atoms with E-state index in [4.69, 9.17) is 9.97 Å². The molecule has 0 aliphatic carbocycles. The molecule has 0 radical (unpaired) electrons. The number of carbonyl (C=O) groups is 2. The van der Waals surface area contributed by atoms with E-state index < -0.39 is 0 Å². The van der Waals surface area contributed by atoms with E-state index in [1.165, 1.54) is 0 Å². The van der Waals surface area contributed by atoms with E-state index in [9.17, 15) is 9.59 Å². The summed E-state index contributed by atoms with van der Waals surface area (Å²) in [5.74, 6) is 1.21. The maximum Gasteiger partial charge on any atom is 0.273 e. The summed E-state index contributed by atoms with van der Waals surface area (Å²) < 4.78 is 0. The highest BCUT2D eigenvalue weighted by atomic mass is 16.2. The Morgan fingerprint density at radius 2 is 1.85 bits per heavy atom. The topological polar surface area (TPSA) is 94.6 Å². The first kappa shape index (κ1) is 22.1. The van der Waals surface area contributed by atoms with Gasteiger partial charge in [0.05, 0.1) is 6.54 Å². The maximum atomic E-state index is 13.1. The van der Waals surface area contributed by atoms with Crippen LogP contribution in [0.3, 0.4) is 0 Å². The molecule has 2 aromatic heterocycles. The first-order valence-electron chi connectivity index (χ1n) is 11.7. The van der Waals surface area contributed by atoms with Gasteiger partial charge in [-0.2, -0.15) is 4.98 Å². The zero-order chi connectivity index (χ0) is 23.8. The second-order valence-corrected chi connectivity index (χ2v) is 9.09. The Morgan fingerprint density at radius 3 is 2.59 bits per heavy atom. The lowest BCUT2D eigenvalue weighted by molar-refractivity contribution is -0.129. The molecular formula is C25H29N7O2. The molecular weight excluding hydrogens is 430 g/mol. The smallest absolute Gasteiger partial charge is 0.273 e. The first-order valence-corrected chi connectivity index (χ1v) is 11.7. The summed E-state index contributed by atoms with van der Waals surface area (Å²) in [4.78, 5) is 44.5. The van der Waals surface area contributed by atoms with Gasteiger partial charge in [-0.3, -0.25) is 14.6 Å². The number of carbonyl (C=O) groups excluding carboxylic acids is 2. The number of fused-ring (bicyclic) bond motifs is 2. The normalized spacial score (nSPS) is 15.9. The lowest BCUT2D eigenvalue weighted by Gasteiger charge is -2.34. The van der Waals surface area contributed by atoms with E-state index in [0.29, 0.717) is 56.7 Å². The number of anilines is 2. The molecule has 9 heteroatoms. The predicted molar refractivity (Wildman–Crippen MR) is 131 cm³/mol. The Morgan fingerprint density at radius 1 is 1.09 bits per heavy atom. The van der Waals surface area contributed by atoms with Gasteiger partial charge in [-0.25, -0.2) is 4.98 Å². The van der Waals surface area contributed by atoms with Crippen LogP contribution in [0.2, 0.25) is 0 Å². The van der Waals surface area contributed by atoms with Gasteiger partial charge >= 0.3 is 0 Å². The maximum absolute atomic E-state index is 13.1. The molecule has 2 amide bonds. The lowest BCUT2D eigenvalue weighted by atomic mass is 10.1.